The fourth-order valence-corrected chi connectivity index (χ4v) is 1.81. The Morgan fingerprint density at radius 3 is 2.90 bits per heavy atom. The average molecular weight is 289 g/mol. The molecule has 1 amide bonds. The molecule has 4 N–H and O–H groups in total. The SMILES string of the molecule is CCc1[nH]nc(C(=O)Nc2cccnc2OC(C)C)c1N. The fourth-order valence-electron chi connectivity index (χ4n) is 1.81. The lowest BCUT2D eigenvalue weighted by atomic mass is 10.2. The maximum Gasteiger partial charge on any atom is 0.278 e. The molecule has 0 unspecified atom stereocenters. The minimum absolute atomic E-state index is 0.0438. The minimum Gasteiger partial charge on any atom is -0.473 e. The summed E-state index contributed by atoms with van der Waals surface area (Å²) in [6.07, 6.45) is 2.24. The number of H-pyrrole nitrogens is 1. The van der Waals surface area contributed by atoms with Crippen molar-refractivity contribution in [1.29, 1.82) is 0 Å². The molecule has 0 aliphatic heterocycles. The number of ether oxygens (including phenoxy) is 1. The minimum atomic E-state index is -0.398. The van der Waals surface area contributed by atoms with E-state index in [2.05, 4.69) is 20.5 Å². The number of nitrogens with one attached hydrogen (secondary N) is 2. The van der Waals surface area contributed by atoms with E-state index < -0.39 is 5.91 Å². The number of hydrogen-bond acceptors (Lipinski definition) is 5. The molecule has 2 heterocycles. The lowest BCUT2D eigenvalue weighted by Gasteiger charge is -2.13. The highest BCUT2D eigenvalue weighted by atomic mass is 16.5. The Hall–Kier alpha value is -2.57. The zero-order valence-electron chi connectivity index (χ0n) is 12.3. The van der Waals surface area contributed by atoms with E-state index in [1.165, 1.54) is 0 Å². The monoisotopic (exact) mass is 289 g/mol. The summed E-state index contributed by atoms with van der Waals surface area (Å²) in [6.45, 7) is 5.71. The van der Waals surface area contributed by atoms with Crippen LogP contribution in [0.3, 0.4) is 0 Å². The van der Waals surface area contributed by atoms with Crippen molar-refractivity contribution in [3.63, 3.8) is 0 Å². The Kier molecular flexibility index (Phi) is 4.42. The second-order valence-electron chi connectivity index (χ2n) is 4.79. The largest absolute Gasteiger partial charge is 0.473 e. The second kappa shape index (κ2) is 6.25. The molecule has 0 spiro atoms. The van der Waals surface area contributed by atoms with Crippen molar-refractivity contribution in [2.45, 2.75) is 33.3 Å². The lowest BCUT2D eigenvalue weighted by Crippen LogP contribution is -2.16. The van der Waals surface area contributed by atoms with Crippen LogP contribution in [-0.4, -0.2) is 27.2 Å². The van der Waals surface area contributed by atoms with Crippen LogP contribution in [0.2, 0.25) is 0 Å². The maximum atomic E-state index is 12.2. The van der Waals surface area contributed by atoms with Gasteiger partial charge in [0.25, 0.3) is 5.91 Å². The molecule has 2 aromatic heterocycles. The van der Waals surface area contributed by atoms with E-state index in [0.717, 1.165) is 5.69 Å². The van der Waals surface area contributed by atoms with Crippen LogP contribution >= 0.6 is 0 Å². The number of carbonyl (C=O) groups excluding carboxylic acids is 1. The molecule has 7 heteroatoms. The molecular weight excluding hydrogens is 270 g/mol. The number of aromatic amines is 1. The third kappa shape index (κ3) is 3.31. The summed E-state index contributed by atoms with van der Waals surface area (Å²) in [6, 6.07) is 3.43. The molecule has 0 saturated carbocycles. The van der Waals surface area contributed by atoms with Gasteiger partial charge in [-0.15, -0.1) is 0 Å². The van der Waals surface area contributed by atoms with E-state index in [1.54, 1.807) is 18.3 Å². The number of rotatable bonds is 5. The zero-order valence-corrected chi connectivity index (χ0v) is 12.3. The Morgan fingerprint density at radius 2 is 2.29 bits per heavy atom. The molecule has 0 aliphatic carbocycles. The van der Waals surface area contributed by atoms with Crippen LogP contribution in [0.25, 0.3) is 0 Å². The van der Waals surface area contributed by atoms with Crippen molar-refractivity contribution in [2.75, 3.05) is 11.1 Å². The van der Waals surface area contributed by atoms with Gasteiger partial charge in [-0.3, -0.25) is 9.89 Å². The van der Waals surface area contributed by atoms with Gasteiger partial charge in [-0.1, -0.05) is 6.92 Å². The molecule has 0 atom stereocenters. The molecule has 0 radical (unpaired) electrons. The van der Waals surface area contributed by atoms with Gasteiger partial charge < -0.3 is 15.8 Å². The van der Waals surface area contributed by atoms with Gasteiger partial charge >= 0.3 is 0 Å². The van der Waals surface area contributed by atoms with Crippen molar-refractivity contribution in [3.8, 4) is 5.88 Å². The van der Waals surface area contributed by atoms with Crippen LogP contribution < -0.4 is 15.8 Å². The normalized spacial score (nSPS) is 10.7. The van der Waals surface area contributed by atoms with Crippen LogP contribution in [0.15, 0.2) is 18.3 Å². The van der Waals surface area contributed by atoms with E-state index in [9.17, 15) is 4.79 Å². The highest BCUT2D eigenvalue weighted by Crippen LogP contribution is 2.23. The molecule has 7 nitrogen and oxygen atoms in total. The number of carbonyl (C=O) groups is 1. The van der Waals surface area contributed by atoms with Crippen LogP contribution in [-0.2, 0) is 6.42 Å². The summed E-state index contributed by atoms with van der Waals surface area (Å²) in [4.78, 5) is 16.4. The van der Waals surface area contributed by atoms with Gasteiger partial charge in [-0.2, -0.15) is 5.10 Å². The summed E-state index contributed by atoms with van der Waals surface area (Å²) in [5.74, 6) is -0.0317. The van der Waals surface area contributed by atoms with Crippen molar-refractivity contribution >= 4 is 17.3 Å². The van der Waals surface area contributed by atoms with E-state index in [0.29, 0.717) is 23.7 Å². The van der Waals surface area contributed by atoms with Crippen molar-refractivity contribution in [2.24, 2.45) is 0 Å². The molecule has 0 fully saturated rings. The van der Waals surface area contributed by atoms with Crippen LogP contribution in [0.1, 0.15) is 37.0 Å². The topological polar surface area (TPSA) is 106 Å². The van der Waals surface area contributed by atoms with Crippen molar-refractivity contribution in [1.82, 2.24) is 15.2 Å². The number of nitrogens with two attached hydrogens (primary N) is 1. The molecule has 112 valence electrons. The molecule has 21 heavy (non-hydrogen) atoms. The smallest absolute Gasteiger partial charge is 0.278 e. The summed E-state index contributed by atoms with van der Waals surface area (Å²) in [5.41, 5.74) is 7.65. The zero-order chi connectivity index (χ0) is 15.4. The van der Waals surface area contributed by atoms with Gasteiger partial charge in [0, 0.05) is 6.20 Å². The fraction of sp³-hybridized carbons (Fsp3) is 0.357. The van der Waals surface area contributed by atoms with Gasteiger partial charge in [0.05, 0.1) is 17.5 Å². The summed E-state index contributed by atoms with van der Waals surface area (Å²) >= 11 is 0. The van der Waals surface area contributed by atoms with Crippen molar-refractivity contribution in [3.05, 3.63) is 29.7 Å². The number of hydrogen-bond donors (Lipinski definition) is 3. The Labute approximate surface area is 122 Å². The van der Waals surface area contributed by atoms with Crippen LogP contribution in [0, 0.1) is 0 Å². The van der Waals surface area contributed by atoms with Gasteiger partial charge in [0.1, 0.15) is 5.69 Å². The number of aryl methyl sites for hydroxylation is 1. The first-order valence-electron chi connectivity index (χ1n) is 6.78. The van der Waals surface area contributed by atoms with Crippen LogP contribution in [0.4, 0.5) is 11.4 Å². The average Bonchev–Trinajstić information content (AvgIpc) is 2.81. The van der Waals surface area contributed by atoms with E-state index in [1.807, 2.05) is 20.8 Å². The highest BCUT2D eigenvalue weighted by molar-refractivity contribution is 6.07. The van der Waals surface area contributed by atoms with E-state index in [-0.39, 0.29) is 11.8 Å². The van der Waals surface area contributed by atoms with E-state index >= 15 is 0 Å². The first-order chi connectivity index (χ1) is 10.0. The lowest BCUT2D eigenvalue weighted by molar-refractivity contribution is 0.102. The van der Waals surface area contributed by atoms with Gasteiger partial charge in [-0.05, 0) is 32.4 Å². The third-order valence-corrected chi connectivity index (χ3v) is 2.82. The number of nitrogen functional groups attached to an aromatic ring is 1. The van der Waals surface area contributed by atoms with Gasteiger partial charge in [0.2, 0.25) is 5.88 Å². The van der Waals surface area contributed by atoms with E-state index in [4.69, 9.17) is 10.5 Å². The van der Waals surface area contributed by atoms with Crippen molar-refractivity contribution < 1.29 is 9.53 Å². The standard InChI is InChI=1S/C14H19N5O2/c1-4-9-11(15)12(19-18-9)13(20)17-10-6-5-7-16-14(10)21-8(2)3/h5-8H,4,15H2,1-3H3,(H,17,20)(H,18,19). The molecule has 0 saturated heterocycles. The van der Waals surface area contributed by atoms with Gasteiger partial charge in [-0.25, -0.2) is 4.98 Å². The number of anilines is 2. The molecule has 2 rings (SSSR count). The quantitative estimate of drug-likeness (QED) is 0.780. The first-order valence-corrected chi connectivity index (χ1v) is 6.78. The Balaban J connectivity index is 2.21. The number of amides is 1. The molecule has 0 aromatic carbocycles. The van der Waals surface area contributed by atoms with Crippen LogP contribution in [0.5, 0.6) is 5.88 Å². The first kappa shape index (κ1) is 14.8. The number of aromatic nitrogens is 3. The Bertz CT molecular complexity index is 636. The summed E-state index contributed by atoms with van der Waals surface area (Å²) < 4.78 is 5.55. The molecule has 0 aliphatic rings. The summed E-state index contributed by atoms with van der Waals surface area (Å²) in [7, 11) is 0. The summed E-state index contributed by atoms with van der Waals surface area (Å²) in [5, 5.41) is 9.43. The predicted molar refractivity (Wildman–Crippen MR) is 80.3 cm³/mol. The maximum absolute atomic E-state index is 12.2. The predicted octanol–water partition coefficient (Wildman–Crippen LogP) is 1.99. The third-order valence-electron chi connectivity index (χ3n) is 2.82. The number of nitrogens with zero attached hydrogens (tertiary/aromatic N) is 2. The molecule has 0 bridgehead atoms. The van der Waals surface area contributed by atoms with Gasteiger partial charge in [0.15, 0.2) is 5.69 Å². The highest BCUT2D eigenvalue weighted by Gasteiger charge is 2.18. The Morgan fingerprint density at radius 1 is 1.52 bits per heavy atom. The molecule has 2 aromatic rings. The second-order valence-corrected chi connectivity index (χ2v) is 4.79. The molecular formula is C14H19N5O2. The number of pyridine rings is 1.